The van der Waals surface area contributed by atoms with Gasteiger partial charge >= 0.3 is 0 Å². The molecule has 1 amide bonds. The number of hydrogen-bond acceptors (Lipinski definition) is 3. The highest BCUT2D eigenvalue weighted by Crippen LogP contribution is 2.17. The molecule has 92 valence electrons. The second-order valence-corrected chi connectivity index (χ2v) is 4.95. The zero-order valence-electron chi connectivity index (χ0n) is 10.7. The van der Waals surface area contributed by atoms with Crippen LogP contribution in [0.1, 0.15) is 41.8 Å². The summed E-state index contributed by atoms with van der Waals surface area (Å²) < 4.78 is 0. The van der Waals surface area contributed by atoms with Gasteiger partial charge in [-0.05, 0) is 38.7 Å². The second kappa shape index (κ2) is 4.82. The lowest BCUT2D eigenvalue weighted by Gasteiger charge is -2.29. The molecular weight excluding hydrogens is 214 g/mol. The molecule has 2 heterocycles. The Bertz CT molecular complexity index is 402. The van der Waals surface area contributed by atoms with Gasteiger partial charge in [-0.25, -0.2) is 9.97 Å². The van der Waals surface area contributed by atoms with Gasteiger partial charge in [0.1, 0.15) is 0 Å². The van der Waals surface area contributed by atoms with Crippen molar-refractivity contribution in [1.82, 2.24) is 14.9 Å². The summed E-state index contributed by atoms with van der Waals surface area (Å²) in [4.78, 5) is 22.5. The second-order valence-electron chi connectivity index (χ2n) is 4.95. The van der Waals surface area contributed by atoms with Crippen LogP contribution >= 0.6 is 0 Å². The van der Waals surface area contributed by atoms with Gasteiger partial charge < -0.3 is 4.90 Å². The average Bonchev–Trinajstić information content (AvgIpc) is 2.28. The molecule has 0 bridgehead atoms. The maximum absolute atomic E-state index is 12.2. The molecule has 4 heteroatoms. The van der Waals surface area contributed by atoms with Crippen molar-refractivity contribution in [3.8, 4) is 0 Å². The van der Waals surface area contributed by atoms with E-state index >= 15 is 0 Å². The number of rotatable bonds is 1. The monoisotopic (exact) mass is 233 g/mol. The van der Waals surface area contributed by atoms with E-state index < -0.39 is 0 Å². The molecule has 0 radical (unpaired) electrons. The Kier molecular flexibility index (Phi) is 3.41. The molecule has 0 N–H and O–H groups in total. The van der Waals surface area contributed by atoms with Gasteiger partial charge in [-0.1, -0.05) is 6.92 Å². The standard InChI is InChI=1S/C13H19N3O/c1-9-4-6-16(7-5-9)13(17)12-14-10(2)8-11(3)15-12/h8-9H,4-7H2,1-3H3. The number of aromatic nitrogens is 2. The third-order valence-corrected chi connectivity index (χ3v) is 3.24. The van der Waals surface area contributed by atoms with Gasteiger partial charge in [0, 0.05) is 24.5 Å². The third-order valence-electron chi connectivity index (χ3n) is 3.24. The van der Waals surface area contributed by atoms with Crippen LogP contribution < -0.4 is 0 Å². The zero-order chi connectivity index (χ0) is 12.4. The SMILES string of the molecule is Cc1cc(C)nc(C(=O)N2CCC(C)CC2)n1. The fourth-order valence-corrected chi connectivity index (χ4v) is 2.17. The zero-order valence-corrected chi connectivity index (χ0v) is 10.7. The predicted octanol–water partition coefficient (Wildman–Crippen LogP) is 1.97. The van der Waals surface area contributed by atoms with E-state index in [-0.39, 0.29) is 5.91 Å². The molecule has 17 heavy (non-hydrogen) atoms. The van der Waals surface area contributed by atoms with Crippen LogP contribution in [0.5, 0.6) is 0 Å². The summed E-state index contributed by atoms with van der Waals surface area (Å²) in [5.74, 6) is 1.04. The summed E-state index contributed by atoms with van der Waals surface area (Å²) in [5.41, 5.74) is 1.71. The van der Waals surface area contributed by atoms with Crippen LogP contribution in [-0.4, -0.2) is 33.9 Å². The molecule has 0 saturated carbocycles. The first-order valence-corrected chi connectivity index (χ1v) is 6.18. The van der Waals surface area contributed by atoms with E-state index in [0.717, 1.165) is 43.2 Å². The van der Waals surface area contributed by atoms with E-state index in [4.69, 9.17) is 0 Å². The minimum Gasteiger partial charge on any atom is -0.336 e. The van der Waals surface area contributed by atoms with Crippen molar-refractivity contribution in [1.29, 1.82) is 0 Å². The van der Waals surface area contributed by atoms with E-state index in [0.29, 0.717) is 5.82 Å². The number of aryl methyl sites for hydroxylation is 2. The third kappa shape index (κ3) is 2.81. The Balaban J connectivity index is 2.14. The van der Waals surface area contributed by atoms with Crippen molar-refractivity contribution in [2.75, 3.05) is 13.1 Å². The average molecular weight is 233 g/mol. The lowest BCUT2D eigenvalue weighted by molar-refractivity contribution is 0.0684. The quantitative estimate of drug-likeness (QED) is 0.745. The molecule has 0 unspecified atom stereocenters. The van der Waals surface area contributed by atoms with Crippen LogP contribution in [0.25, 0.3) is 0 Å². The van der Waals surface area contributed by atoms with Gasteiger partial charge in [-0.15, -0.1) is 0 Å². The number of amides is 1. The van der Waals surface area contributed by atoms with Crippen LogP contribution in [-0.2, 0) is 0 Å². The number of piperidine rings is 1. The molecule has 1 fully saturated rings. The molecule has 0 atom stereocenters. The molecular formula is C13H19N3O. The highest BCUT2D eigenvalue weighted by Gasteiger charge is 2.23. The van der Waals surface area contributed by atoms with Crippen LogP contribution in [0.15, 0.2) is 6.07 Å². The van der Waals surface area contributed by atoms with Gasteiger partial charge in [0.25, 0.3) is 5.91 Å². The number of carbonyl (C=O) groups is 1. The topological polar surface area (TPSA) is 46.1 Å². The fourth-order valence-electron chi connectivity index (χ4n) is 2.17. The maximum Gasteiger partial charge on any atom is 0.291 e. The van der Waals surface area contributed by atoms with Crippen molar-refractivity contribution in [2.45, 2.75) is 33.6 Å². The minimum absolute atomic E-state index is 0.0244. The van der Waals surface area contributed by atoms with Crippen molar-refractivity contribution in [2.24, 2.45) is 5.92 Å². The van der Waals surface area contributed by atoms with Crippen molar-refractivity contribution in [3.05, 3.63) is 23.3 Å². The number of carbonyl (C=O) groups excluding carboxylic acids is 1. The molecule has 1 aromatic heterocycles. The van der Waals surface area contributed by atoms with Gasteiger partial charge in [-0.3, -0.25) is 4.79 Å². The first-order chi connectivity index (χ1) is 8.06. The molecule has 0 aromatic carbocycles. The Labute approximate surface area is 102 Å². The number of nitrogens with zero attached hydrogens (tertiary/aromatic N) is 3. The molecule has 0 spiro atoms. The van der Waals surface area contributed by atoms with Gasteiger partial charge in [0.2, 0.25) is 5.82 Å². The van der Waals surface area contributed by atoms with E-state index in [1.54, 1.807) is 0 Å². The molecule has 2 rings (SSSR count). The minimum atomic E-state index is -0.0244. The molecule has 1 saturated heterocycles. The van der Waals surface area contributed by atoms with E-state index in [2.05, 4.69) is 16.9 Å². The summed E-state index contributed by atoms with van der Waals surface area (Å²) in [6.45, 7) is 7.68. The lowest BCUT2D eigenvalue weighted by atomic mass is 9.99. The normalized spacial score (nSPS) is 17.2. The fraction of sp³-hybridized carbons (Fsp3) is 0.615. The molecule has 1 aliphatic rings. The Hall–Kier alpha value is -1.45. The van der Waals surface area contributed by atoms with Crippen molar-refractivity contribution < 1.29 is 4.79 Å². The summed E-state index contributed by atoms with van der Waals surface area (Å²) >= 11 is 0. The Morgan fingerprint density at radius 3 is 2.29 bits per heavy atom. The number of likely N-dealkylation sites (tertiary alicyclic amines) is 1. The van der Waals surface area contributed by atoms with Gasteiger partial charge in [0.15, 0.2) is 0 Å². The van der Waals surface area contributed by atoms with Crippen LogP contribution in [0.4, 0.5) is 0 Å². The summed E-state index contributed by atoms with van der Waals surface area (Å²) in [6.07, 6.45) is 2.16. The first kappa shape index (κ1) is 12.0. The lowest BCUT2D eigenvalue weighted by Crippen LogP contribution is -2.38. The van der Waals surface area contributed by atoms with E-state index in [9.17, 15) is 4.79 Å². The van der Waals surface area contributed by atoms with Gasteiger partial charge in [-0.2, -0.15) is 0 Å². The highest BCUT2D eigenvalue weighted by molar-refractivity contribution is 5.90. The van der Waals surface area contributed by atoms with Crippen molar-refractivity contribution in [3.63, 3.8) is 0 Å². The first-order valence-electron chi connectivity index (χ1n) is 6.18. The highest BCUT2D eigenvalue weighted by atomic mass is 16.2. The smallest absolute Gasteiger partial charge is 0.291 e. The largest absolute Gasteiger partial charge is 0.336 e. The molecule has 4 nitrogen and oxygen atoms in total. The summed E-state index contributed by atoms with van der Waals surface area (Å²) in [5, 5.41) is 0. The summed E-state index contributed by atoms with van der Waals surface area (Å²) in [7, 11) is 0. The molecule has 1 aromatic rings. The molecule has 0 aliphatic carbocycles. The van der Waals surface area contributed by atoms with Crippen LogP contribution in [0.2, 0.25) is 0 Å². The Morgan fingerprint density at radius 1 is 1.24 bits per heavy atom. The summed E-state index contributed by atoms with van der Waals surface area (Å²) in [6, 6.07) is 1.88. The predicted molar refractivity (Wildman–Crippen MR) is 65.8 cm³/mol. The van der Waals surface area contributed by atoms with Crippen molar-refractivity contribution >= 4 is 5.91 Å². The van der Waals surface area contributed by atoms with E-state index in [1.807, 2.05) is 24.8 Å². The van der Waals surface area contributed by atoms with E-state index in [1.165, 1.54) is 0 Å². The van der Waals surface area contributed by atoms with Crippen LogP contribution in [0.3, 0.4) is 0 Å². The van der Waals surface area contributed by atoms with Gasteiger partial charge in [0.05, 0.1) is 0 Å². The number of hydrogen-bond donors (Lipinski definition) is 0. The Morgan fingerprint density at radius 2 is 1.76 bits per heavy atom. The maximum atomic E-state index is 12.2. The molecule has 1 aliphatic heterocycles. The van der Waals surface area contributed by atoms with Crippen LogP contribution in [0, 0.1) is 19.8 Å².